The molecule has 2 heterocycles. The molecule has 4 nitrogen and oxygen atoms in total. The second-order valence-corrected chi connectivity index (χ2v) is 8.78. The summed E-state index contributed by atoms with van der Waals surface area (Å²) in [6.07, 6.45) is 0. The zero-order chi connectivity index (χ0) is 20.9. The third-order valence-corrected chi connectivity index (χ3v) is 6.27. The molecule has 0 bridgehead atoms. The van der Waals surface area contributed by atoms with Crippen LogP contribution in [0, 0.1) is 34.6 Å². The molecule has 2 aromatic carbocycles. The summed E-state index contributed by atoms with van der Waals surface area (Å²) in [5.41, 5.74) is 7.45. The standard InChI is InChI=1S/C24H24N2O2S/c1-14-8-15(2)12-19(11-14)26-23(27)22-21(6-7-29-22)25(24(26)28)13-20-17(4)9-16(3)10-18(20)5/h6-12H,13H2,1-5H3. The van der Waals surface area contributed by atoms with Crippen LogP contribution >= 0.6 is 11.3 Å². The number of aryl methyl sites for hydroxylation is 5. The molecule has 0 radical (unpaired) electrons. The van der Waals surface area contributed by atoms with Gasteiger partial charge < -0.3 is 0 Å². The summed E-state index contributed by atoms with van der Waals surface area (Å²) in [6, 6.07) is 12.0. The summed E-state index contributed by atoms with van der Waals surface area (Å²) >= 11 is 1.38. The molecule has 0 aliphatic heterocycles. The Morgan fingerprint density at radius 1 is 0.828 bits per heavy atom. The van der Waals surface area contributed by atoms with Gasteiger partial charge in [0.1, 0.15) is 4.70 Å². The van der Waals surface area contributed by atoms with Crippen LogP contribution in [0.4, 0.5) is 0 Å². The first-order chi connectivity index (χ1) is 13.8. The Morgan fingerprint density at radius 2 is 1.41 bits per heavy atom. The van der Waals surface area contributed by atoms with E-state index >= 15 is 0 Å². The molecule has 0 aliphatic carbocycles. The van der Waals surface area contributed by atoms with Gasteiger partial charge >= 0.3 is 5.69 Å². The van der Waals surface area contributed by atoms with Crippen LogP contribution in [0.3, 0.4) is 0 Å². The van der Waals surface area contributed by atoms with E-state index in [-0.39, 0.29) is 11.2 Å². The van der Waals surface area contributed by atoms with Crippen molar-refractivity contribution in [2.24, 2.45) is 0 Å². The monoisotopic (exact) mass is 404 g/mol. The molecule has 5 heteroatoms. The number of thiophene rings is 1. The van der Waals surface area contributed by atoms with Crippen molar-refractivity contribution in [1.29, 1.82) is 0 Å². The lowest BCUT2D eigenvalue weighted by molar-refractivity contribution is 0.710. The van der Waals surface area contributed by atoms with Gasteiger partial charge in [-0.3, -0.25) is 9.36 Å². The van der Waals surface area contributed by atoms with Crippen molar-refractivity contribution in [2.45, 2.75) is 41.2 Å². The van der Waals surface area contributed by atoms with Crippen LogP contribution in [0.2, 0.25) is 0 Å². The summed E-state index contributed by atoms with van der Waals surface area (Å²) in [6.45, 7) is 10.6. The Hall–Kier alpha value is -2.92. The van der Waals surface area contributed by atoms with Gasteiger partial charge in [-0.25, -0.2) is 9.36 Å². The van der Waals surface area contributed by atoms with Crippen molar-refractivity contribution in [3.05, 3.63) is 96.0 Å². The number of benzene rings is 2. The van der Waals surface area contributed by atoms with E-state index in [2.05, 4.69) is 32.9 Å². The SMILES string of the molecule is Cc1cc(C)cc(-n2c(=O)c3sccc3n(Cc3c(C)cc(C)cc3C)c2=O)c1. The second-order valence-electron chi connectivity index (χ2n) is 7.87. The van der Waals surface area contributed by atoms with E-state index < -0.39 is 0 Å². The van der Waals surface area contributed by atoms with Crippen molar-refractivity contribution in [3.63, 3.8) is 0 Å². The average Bonchev–Trinajstić information content (AvgIpc) is 3.09. The molecule has 4 rings (SSSR count). The largest absolute Gasteiger partial charge is 0.336 e. The van der Waals surface area contributed by atoms with Gasteiger partial charge in [0, 0.05) is 0 Å². The molecule has 0 saturated carbocycles. The van der Waals surface area contributed by atoms with E-state index in [0.29, 0.717) is 22.4 Å². The quantitative estimate of drug-likeness (QED) is 0.492. The van der Waals surface area contributed by atoms with Crippen LogP contribution in [0.15, 0.2) is 51.4 Å². The van der Waals surface area contributed by atoms with E-state index in [0.717, 1.165) is 27.8 Å². The first-order valence-corrected chi connectivity index (χ1v) is 10.5. The number of nitrogens with zero attached hydrogens (tertiary/aromatic N) is 2. The third kappa shape index (κ3) is 3.36. The highest BCUT2D eigenvalue weighted by Gasteiger charge is 2.17. The summed E-state index contributed by atoms with van der Waals surface area (Å²) in [5.74, 6) is 0. The maximum Gasteiger partial charge on any atom is 0.336 e. The number of aromatic nitrogens is 2. The summed E-state index contributed by atoms with van der Waals surface area (Å²) in [5, 5.41) is 1.88. The molecular formula is C24H24N2O2S. The molecule has 0 spiro atoms. The van der Waals surface area contributed by atoms with Crippen LogP contribution in [0.5, 0.6) is 0 Å². The van der Waals surface area contributed by atoms with Crippen molar-refractivity contribution in [3.8, 4) is 5.69 Å². The van der Waals surface area contributed by atoms with Gasteiger partial charge in [-0.2, -0.15) is 0 Å². The highest BCUT2D eigenvalue weighted by molar-refractivity contribution is 7.17. The highest BCUT2D eigenvalue weighted by atomic mass is 32.1. The summed E-state index contributed by atoms with van der Waals surface area (Å²) in [7, 11) is 0. The Morgan fingerprint density at radius 3 is 2.03 bits per heavy atom. The Kier molecular flexibility index (Phi) is 4.79. The predicted octanol–water partition coefficient (Wildman–Crippen LogP) is 4.80. The topological polar surface area (TPSA) is 44.0 Å². The fourth-order valence-corrected chi connectivity index (χ4v) is 4.99. The lowest BCUT2D eigenvalue weighted by atomic mass is 10.00. The molecule has 0 atom stereocenters. The van der Waals surface area contributed by atoms with E-state index in [1.165, 1.54) is 21.5 Å². The van der Waals surface area contributed by atoms with Gasteiger partial charge in [0.15, 0.2) is 0 Å². The Balaban J connectivity index is 2.02. The van der Waals surface area contributed by atoms with E-state index in [1.807, 2.05) is 43.5 Å². The molecule has 0 amide bonds. The molecule has 2 aromatic heterocycles. The van der Waals surface area contributed by atoms with E-state index in [9.17, 15) is 9.59 Å². The van der Waals surface area contributed by atoms with Gasteiger partial charge in [-0.1, -0.05) is 23.8 Å². The van der Waals surface area contributed by atoms with Crippen LogP contribution in [0.25, 0.3) is 15.9 Å². The molecule has 0 unspecified atom stereocenters. The van der Waals surface area contributed by atoms with Crippen LogP contribution in [0.1, 0.15) is 33.4 Å². The van der Waals surface area contributed by atoms with Crippen molar-refractivity contribution >= 4 is 21.6 Å². The molecule has 148 valence electrons. The first-order valence-electron chi connectivity index (χ1n) is 9.64. The van der Waals surface area contributed by atoms with Gasteiger partial charge in [-0.15, -0.1) is 11.3 Å². The minimum atomic E-state index is -0.301. The lowest BCUT2D eigenvalue weighted by Crippen LogP contribution is -2.39. The van der Waals surface area contributed by atoms with Crippen LogP contribution in [-0.4, -0.2) is 9.13 Å². The Bertz CT molecular complexity index is 1330. The number of hydrogen-bond donors (Lipinski definition) is 0. The van der Waals surface area contributed by atoms with Crippen LogP contribution < -0.4 is 11.2 Å². The third-order valence-electron chi connectivity index (χ3n) is 5.38. The van der Waals surface area contributed by atoms with Gasteiger partial charge in [0.2, 0.25) is 0 Å². The van der Waals surface area contributed by atoms with Crippen molar-refractivity contribution in [2.75, 3.05) is 0 Å². The maximum atomic E-state index is 13.5. The molecule has 0 saturated heterocycles. The van der Waals surface area contributed by atoms with Crippen molar-refractivity contribution in [1.82, 2.24) is 9.13 Å². The zero-order valence-electron chi connectivity index (χ0n) is 17.4. The molecular weight excluding hydrogens is 380 g/mol. The molecule has 0 aliphatic rings. The average molecular weight is 405 g/mol. The fraction of sp³-hybridized carbons (Fsp3) is 0.250. The number of fused-ring (bicyclic) bond motifs is 1. The molecule has 0 fully saturated rings. The summed E-state index contributed by atoms with van der Waals surface area (Å²) in [4.78, 5) is 26.7. The molecule has 0 N–H and O–H groups in total. The minimum Gasteiger partial charge on any atom is -0.288 e. The predicted molar refractivity (Wildman–Crippen MR) is 121 cm³/mol. The highest BCUT2D eigenvalue weighted by Crippen LogP contribution is 2.21. The van der Waals surface area contributed by atoms with E-state index in [4.69, 9.17) is 0 Å². The summed E-state index contributed by atoms with van der Waals surface area (Å²) < 4.78 is 3.65. The minimum absolute atomic E-state index is 0.251. The lowest BCUT2D eigenvalue weighted by Gasteiger charge is -2.16. The second kappa shape index (κ2) is 7.16. The zero-order valence-corrected chi connectivity index (χ0v) is 18.2. The number of hydrogen-bond acceptors (Lipinski definition) is 3. The smallest absolute Gasteiger partial charge is 0.288 e. The van der Waals surface area contributed by atoms with E-state index in [1.54, 1.807) is 4.57 Å². The first kappa shape index (κ1) is 19.4. The Labute approximate surface area is 173 Å². The fourth-order valence-electron chi connectivity index (χ4n) is 4.16. The normalized spacial score (nSPS) is 11.3. The molecule has 4 aromatic rings. The van der Waals surface area contributed by atoms with Crippen LogP contribution in [-0.2, 0) is 6.54 Å². The van der Waals surface area contributed by atoms with Gasteiger partial charge in [-0.05, 0) is 86.0 Å². The van der Waals surface area contributed by atoms with Crippen molar-refractivity contribution < 1.29 is 0 Å². The maximum absolute atomic E-state index is 13.5. The van der Waals surface area contributed by atoms with Gasteiger partial charge in [0.05, 0.1) is 17.7 Å². The number of rotatable bonds is 3. The van der Waals surface area contributed by atoms with Gasteiger partial charge in [0.25, 0.3) is 5.56 Å². The molecule has 29 heavy (non-hydrogen) atoms.